The molecule has 1 saturated heterocycles. The van der Waals surface area contributed by atoms with E-state index in [4.69, 9.17) is 5.73 Å². The summed E-state index contributed by atoms with van der Waals surface area (Å²) in [7, 11) is 0. The fourth-order valence-corrected chi connectivity index (χ4v) is 3.86. The summed E-state index contributed by atoms with van der Waals surface area (Å²) in [5.74, 6) is -0.0701. The Morgan fingerprint density at radius 3 is 2.79 bits per heavy atom. The van der Waals surface area contributed by atoms with Crippen molar-refractivity contribution in [1.82, 2.24) is 19.7 Å². The standard InChI is InChI=1S/C21H26FN5O/c1-13(2)20(23)21(28)26-7-5-16(6-8-26)27-12-14(10-25-27)18-11-24-19-9-15(22)3-4-17(18)19/h3-4,9-13,16,20,24H,5-8,23H2,1-2H3/t20-/m1/s1. The first-order valence-corrected chi connectivity index (χ1v) is 9.79. The number of nitrogens with zero attached hydrogens (tertiary/aromatic N) is 3. The van der Waals surface area contributed by atoms with Gasteiger partial charge in [0.2, 0.25) is 5.91 Å². The molecule has 1 aliphatic heterocycles. The molecule has 0 saturated carbocycles. The zero-order chi connectivity index (χ0) is 19.8. The van der Waals surface area contributed by atoms with Gasteiger partial charge >= 0.3 is 0 Å². The third kappa shape index (κ3) is 3.42. The fourth-order valence-electron chi connectivity index (χ4n) is 3.86. The molecule has 1 aromatic carbocycles. The number of halogens is 1. The third-order valence-corrected chi connectivity index (χ3v) is 5.71. The van der Waals surface area contributed by atoms with Gasteiger partial charge in [-0.15, -0.1) is 0 Å². The van der Waals surface area contributed by atoms with Gasteiger partial charge in [-0.05, 0) is 37.0 Å². The van der Waals surface area contributed by atoms with Crippen molar-refractivity contribution >= 4 is 16.8 Å². The highest BCUT2D eigenvalue weighted by Gasteiger charge is 2.28. The van der Waals surface area contributed by atoms with Crippen molar-refractivity contribution < 1.29 is 9.18 Å². The second kappa shape index (κ2) is 7.39. The van der Waals surface area contributed by atoms with Crippen LogP contribution in [0.25, 0.3) is 22.0 Å². The Balaban J connectivity index is 1.46. The number of amides is 1. The molecule has 2 aromatic heterocycles. The molecule has 3 aromatic rings. The highest BCUT2D eigenvalue weighted by atomic mass is 19.1. The van der Waals surface area contributed by atoms with E-state index in [1.54, 1.807) is 6.07 Å². The van der Waals surface area contributed by atoms with E-state index in [9.17, 15) is 9.18 Å². The monoisotopic (exact) mass is 383 g/mol. The van der Waals surface area contributed by atoms with Gasteiger partial charge in [-0.25, -0.2) is 4.39 Å². The largest absolute Gasteiger partial charge is 0.360 e. The molecule has 0 radical (unpaired) electrons. The number of nitrogens with two attached hydrogens (primary N) is 1. The zero-order valence-electron chi connectivity index (χ0n) is 16.2. The number of fused-ring (bicyclic) bond motifs is 1. The van der Waals surface area contributed by atoms with E-state index < -0.39 is 6.04 Å². The number of carbonyl (C=O) groups excluding carboxylic acids is 1. The molecule has 0 unspecified atom stereocenters. The highest BCUT2D eigenvalue weighted by molar-refractivity contribution is 5.95. The lowest BCUT2D eigenvalue weighted by Gasteiger charge is -2.34. The minimum Gasteiger partial charge on any atom is -0.360 e. The first-order valence-electron chi connectivity index (χ1n) is 9.79. The topological polar surface area (TPSA) is 79.9 Å². The van der Waals surface area contributed by atoms with Gasteiger partial charge in [-0.1, -0.05) is 13.8 Å². The maximum Gasteiger partial charge on any atom is 0.239 e. The van der Waals surface area contributed by atoms with Crippen LogP contribution in [0.1, 0.15) is 32.7 Å². The SMILES string of the molecule is CC(C)[C@@H](N)C(=O)N1CCC(n2cc(-c3c[nH]c4cc(F)ccc34)cn2)CC1. The molecule has 6 nitrogen and oxygen atoms in total. The minimum absolute atomic E-state index is 0.0422. The van der Waals surface area contributed by atoms with Crippen molar-refractivity contribution in [2.45, 2.75) is 38.8 Å². The van der Waals surface area contributed by atoms with E-state index >= 15 is 0 Å². The quantitative estimate of drug-likeness (QED) is 0.725. The average Bonchev–Trinajstić information content (AvgIpc) is 3.33. The summed E-state index contributed by atoms with van der Waals surface area (Å²) in [6.45, 7) is 5.34. The summed E-state index contributed by atoms with van der Waals surface area (Å²) in [6.07, 6.45) is 7.49. The van der Waals surface area contributed by atoms with Gasteiger partial charge in [0.15, 0.2) is 0 Å². The average molecular weight is 383 g/mol. The molecule has 0 aliphatic carbocycles. The number of aromatic amines is 1. The maximum atomic E-state index is 13.4. The van der Waals surface area contributed by atoms with E-state index in [0.717, 1.165) is 34.9 Å². The number of nitrogens with one attached hydrogen (secondary N) is 1. The van der Waals surface area contributed by atoms with Gasteiger partial charge in [0.25, 0.3) is 0 Å². The molecule has 0 spiro atoms. The number of likely N-dealkylation sites (tertiary alicyclic amines) is 1. The van der Waals surface area contributed by atoms with Crippen LogP contribution in [0.2, 0.25) is 0 Å². The molecule has 148 valence electrons. The molecule has 4 rings (SSSR count). The summed E-state index contributed by atoms with van der Waals surface area (Å²) in [5, 5.41) is 5.53. The normalized spacial score (nSPS) is 16.8. The number of rotatable bonds is 4. The van der Waals surface area contributed by atoms with Crippen LogP contribution in [-0.4, -0.2) is 44.7 Å². The first kappa shape index (κ1) is 18.7. The molecular formula is C21H26FN5O. The molecule has 7 heteroatoms. The molecule has 28 heavy (non-hydrogen) atoms. The molecule has 0 bridgehead atoms. The number of carbonyl (C=O) groups is 1. The van der Waals surface area contributed by atoms with Gasteiger partial charge in [0.1, 0.15) is 5.82 Å². The molecule has 1 aliphatic rings. The predicted molar refractivity (Wildman–Crippen MR) is 107 cm³/mol. The summed E-state index contributed by atoms with van der Waals surface area (Å²) in [5.41, 5.74) is 8.80. The van der Waals surface area contributed by atoms with Crippen LogP contribution in [0.5, 0.6) is 0 Å². The summed E-state index contributed by atoms with van der Waals surface area (Å²) in [4.78, 5) is 17.4. The number of H-pyrrole nitrogens is 1. The van der Waals surface area contributed by atoms with Crippen LogP contribution in [0.4, 0.5) is 4.39 Å². The van der Waals surface area contributed by atoms with Crippen molar-refractivity contribution in [2.75, 3.05) is 13.1 Å². The van der Waals surface area contributed by atoms with Gasteiger partial charge in [-0.3, -0.25) is 9.48 Å². The second-order valence-corrected chi connectivity index (χ2v) is 7.93. The van der Waals surface area contributed by atoms with Crippen LogP contribution >= 0.6 is 0 Å². The molecule has 3 heterocycles. The summed E-state index contributed by atoms with van der Waals surface area (Å²) >= 11 is 0. The van der Waals surface area contributed by atoms with E-state index in [2.05, 4.69) is 10.1 Å². The Morgan fingerprint density at radius 1 is 1.32 bits per heavy atom. The number of piperidine rings is 1. The maximum absolute atomic E-state index is 13.4. The lowest BCUT2D eigenvalue weighted by atomic mass is 10.0. The smallest absolute Gasteiger partial charge is 0.239 e. The Morgan fingerprint density at radius 2 is 2.07 bits per heavy atom. The number of benzene rings is 1. The number of hydrogen-bond acceptors (Lipinski definition) is 3. The Labute approximate surface area is 163 Å². The molecular weight excluding hydrogens is 357 g/mol. The van der Waals surface area contributed by atoms with Crippen LogP contribution in [0, 0.1) is 11.7 Å². The predicted octanol–water partition coefficient (Wildman–Crippen LogP) is 3.32. The fraction of sp³-hybridized carbons (Fsp3) is 0.429. The number of aromatic nitrogens is 3. The summed E-state index contributed by atoms with van der Waals surface area (Å²) < 4.78 is 15.4. The van der Waals surface area contributed by atoms with Gasteiger partial charge in [-0.2, -0.15) is 5.10 Å². The van der Waals surface area contributed by atoms with E-state index in [1.807, 2.05) is 42.0 Å². The van der Waals surface area contributed by atoms with Crippen molar-refractivity contribution in [2.24, 2.45) is 11.7 Å². The Kier molecular flexibility index (Phi) is 4.93. The third-order valence-electron chi connectivity index (χ3n) is 5.71. The zero-order valence-corrected chi connectivity index (χ0v) is 16.2. The van der Waals surface area contributed by atoms with Gasteiger partial charge in [0.05, 0.1) is 18.3 Å². The van der Waals surface area contributed by atoms with Gasteiger partial charge < -0.3 is 15.6 Å². The first-order chi connectivity index (χ1) is 13.4. The van der Waals surface area contributed by atoms with E-state index in [-0.39, 0.29) is 23.7 Å². The van der Waals surface area contributed by atoms with E-state index in [1.165, 1.54) is 12.1 Å². The molecule has 1 amide bonds. The molecule has 1 fully saturated rings. The van der Waals surface area contributed by atoms with E-state index in [0.29, 0.717) is 13.1 Å². The molecule has 1 atom stereocenters. The van der Waals surface area contributed by atoms with Crippen LogP contribution in [-0.2, 0) is 4.79 Å². The second-order valence-electron chi connectivity index (χ2n) is 7.93. The Bertz CT molecular complexity index is 984. The van der Waals surface area contributed by atoms with Crippen LogP contribution < -0.4 is 5.73 Å². The molecule has 3 N–H and O–H groups in total. The van der Waals surface area contributed by atoms with Gasteiger partial charge in [0, 0.05) is 47.5 Å². The van der Waals surface area contributed by atoms with Crippen molar-refractivity contribution in [3.8, 4) is 11.1 Å². The lowest BCUT2D eigenvalue weighted by Crippen LogP contribution is -2.49. The van der Waals surface area contributed by atoms with Crippen LogP contribution in [0.15, 0.2) is 36.8 Å². The minimum atomic E-state index is -0.431. The number of hydrogen-bond donors (Lipinski definition) is 2. The van der Waals surface area contributed by atoms with Crippen molar-refractivity contribution in [3.05, 3.63) is 42.6 Å². The van der Waals surface area contributed by atoms with Crippen molar-refractivity contribution in [3.63, 3.8) is 0 Å². The lowest BCUT2D eigenvalue weighted by molar-refractivity contribution is -0.134. The van der Waals surface area contributed by atoms with Crippen molar-refractivity contribution in [1.29, 1.82) is 0 Å². The Hall–Kier alpha value is -2.67. The van der Waals surface area contributed by atoms with Crippen LogP contribution in [0.3, 0.4) is 0 Å². The highest BCUT2D eigenvalue weighted by Crippen LogP contribution is 2.30. The summed E-state index contributed by atoms with van der Waals surface area (Å²) in [6, 6.07) is 4.59.